The van der Waals surface area contributed by atoms with Crippen LogP contribution in [0.1, 0.15) is 21.6 Å². The third kappa shape index (κ3) is 3.60. The Morgan fingerprint density at radius 3 is 2.32 bits per heavy atom. The number of pyridine rings is 1. The zero-order chi connectivity index (χ0) is 19.5. The molecule has 0 unspecified atom stereocenters. The molecule has 1 aromatic heterocycles. The number of ketones is 1. The molecular weight excluding hydrogens is 366 g/mol. The van der Waals surface area contributed by atoms with Gasteiger partial charge in [0.25, 0.3) is 0 Å². The van der Waals surface area contributed by atoms with Crippen LogP contribution in [0.5, 0.6) is 0 Å². The third-order valence-corrected chi connectivity index (χ3v) is 4.90. The summed E-state index contributed by atoms with van der Waals surface area (Å²) in [6.45, 7) is 1.88. The molecule has 1 heterocycles. The number of carbonyl (C=O) groups excluding carboxylic acids is 1. The third-order valence-electron chi connectivity index (χ3n) is 4.66. The molecule has 0 aliphatic heterocycles. The second-order valence-corrected chi connectivity index (χ2v) is 7.02. The molecule has 4 rings (SSSR count). The average Bonchev–Trinajstić information content (AvgIpc) is 2.73. The van der Waals surface area contributed by atoms with Crippen molar-refractivity contribution < 1.29 is 4.79 Å². The van der Waals surface area contributed by atoms with Crippen LogP contribution in [-0.2, 0) is 0 Å². The van der Waals surface area contributed by atoms with Crippen molar-refractivity contribution in [3.05, 3.63) is 107 Å². The van der Waals surface area contributed by atoms with Crippen molar-refractivity contribution in [1.82, 2.24) is 4.98 Å². The minimum atomic E-state index is -0.0745. The van der Waals surface area contributed by atoms with E-state index in [9.17, 15) is 4.79 Å². The predicted molar refractivity (Wildman–Crippen MR) is 117 cm³/mol. The Morgan fingerprint density at radius 2 is 1.61 bits per heavy atom. The second kappa shape index (κ2) is 7.79. The van der Waals surface area contributed by atoms with Gasteiger partial charge in [-0.3, -0.25) is 9.78 Å². The number of carbonyl (C=O) groups is 1. The Balaban J connectivity index is 1.93. The Morgan fingerprint density at radius 1 is 0.929 bits per heavy atom. The van der Waals surface area contributed by atoms with E-state index in [1.165, 1.54) is 0 Å². The van der Waals surface area contributed by atoms with Crippen LogP contribution in [0, 0.1) is 6.92 Å². The van der Waals surface area contributed by atoms with Gasteiger partial charge in [-0.25, -0.2) is 0 Å². The van der Waals surface area contributed by atoms with Gasteiger partial charge in [0.2, 0.25) is 0 Å². The van der Waals surface area contributed by atoms with Gasteiger partial charge in [-0.15, -0.1) is 0 Å². The number of fused-ring (bicyclic) bond motifs is 1. The topological polar surface area (TPSA) is 30.0 Å². The molecule has 0 amide bonds. The van der Waals surface area contributed by atoms with Crippen LogP contribution in [0.4, 0.5) is 0 Å². The summed E-state index contributed by atoms with van der Waals surface area (Å²) in [7, 11) is 0. The highest BCUT2D eigenvalue weighted by molar-refractivity contribution is 6.31. The largest absolute Gasteiger partial charge is 0.289 e. The van der Waals surface area contributed by atoms with Gasteiger partial charge in [0.05, 0.1) is 11.1 Å². The Hall–Kier alpha value is -3.23. The molecule has 0 bridgehead atoms. The normalized spacial score (nSPS) is 11.2. The predicted octanol–water partition coefficient (Wildman–Crippen LogP) is 6.76. The van der Waals surface area contributed by atoms with Crippen molar-refractivity contribution in [1.29, 1.82) is 0 Å². The second-order valence-electron chi connectivity index (χ2n) is 6.58. The number of hydrogen-bond donors (Lipinski definition) is 0. The standard InChI is InChI=1S/C25H18ClNO/c1-17-24(23(28)15-12-18-8-4-2-5-9-18)25(19-10-6-3-7-11-19)21-16-20(26)13-14-22(21)27-17/h2-16H,1H3/b15-12+. The molecule has 0 spiro atoms. The monoisotopic (exact) mass is 383 g/mol. The Bertz CT molecular complexity index is 1180. The molecule has 3 aromatic carbocycles. The van der Waals surface area contributed by atoms with E-state index in [1.807, 2.05) is 91.9 Å². The van der Waals surface area contributed by atoms with Gasteiger partial charge < -0.3 is 0 Å². The quantitative estimate of drug-likeness (QED) is 0.288. The lowest BCUT2D eigenvalue weighted by atomic mass is 9.92. The number of aryl methyl sites for hydroxylation is 1. The van der Waals surface area contributed by atoms with Gasteiger partial charge in [0.1, 0.15) is 0 Å². The molecule has 0 atom stereocenters. The number of allylic oxidation sites excluding steroid dienone is 1. The lowest BCUT2D eigenvalue weighted by Crippen LogP contribution is -2.05. The molecule has 0 saturated carbocycles. The van der Waals surface area contributed by atoms with Crippen molar-refractivity contribution in [2.24, 2.45) is 0 Å². The number of rotatable bonds is 4. The SMILES string of the molecule is Cc1nc2ccc(Cl)cc2c(-c2ccccc2)c1C(=O)/C=C/c1ccccc1. The first-order chi connectivity index (χ1) is 13.6. The van der Waals surface area contributed by atoms with E-state index < -0.39 is 0 Å². The summed E-state index contributed by atoms with van der Waals surface area (Å²) in [4.78, 5) is 17.9. The molecule has 2 nitrogen and oxygen atoms in total. The summed E-state index contributed by atoms with van der Waals surface area (Å²) in [5.74, 6) is -0.0745. The molecule has 3 heteroatoms. The first-order valence-electron chi connectivity index (χ1n) is 9.06. The highest BCUT2D eigenvalue weighted by atomic mass is 35.5. The van der Waals surface area contributed by atoms with E-state index in [1.54, 1.807) is 6.08 Å². The van der Waals surface area contributed by atoms with Gasteiger partial charge >= 0.3 is 0 Å². The molecule has 4 aromatic rings. The first-order valence-corrected chi connectivity index (χ1v) is 9.44. The summed E-state index contributed by atoms with van der Waals surface area (Å²) in [5, 5.41) is 1.49. The summed E-state index contributed by atoms with van der Waals surface area (Å²) in [6, 6.07) is 25.3. The maximum Gasteiger partial charge on any atom is 0.188 e. The molecule has 0 N–H and O–H groups in total. The highest BCUT2D eigenvalue weighted by Gasteiger charge is 2.19. The molecule has 28 heavy (non-hydrogen) atoms. The highest BCUT2D eigenvalue weighted by Crippen LogP contribution is 2.34. The number of halogens is 1. The summed E-state index contributed by atoms with van der Waals surface area (Å²) >= 11 is 6.26. The van der Waals surface area contributed by atoms with Crippen LogP contribution in [0.15, 0.2) is 84.9 Å². The van der Waals surface area contributed by atoms with E-state index in [0.717, 1.165) is 27.6 Å². The molecule has 136 valence electrons. The Kier molecular flexibility index (Phi) is 5.05. The number of aromatic nitrogens is 1. The Labute approximate surface area is 169 Å². The molecule has 0 saturated heterocycles. The van der Waals surface area contributed by atoms with Crippen LogP contribution in [0.25, 0.3) is 28.1 Å². The lowest BCUT2D eigenvalue weighted by molar-refractivity contribution is 0.104. The first kappa shape index (κ1) is 18.1. The maximum atomic E-state index is 13.2. The number of benzene rings is 3. The van der Waals surface area contributed by atoms with Crippen LogP contribution in [0.2, 0.25) is 5.02 Å². The molecule has 0 fully saturated rings. The van der Waals surface area contributed by atoms with E-state index in [0.29, 0.717) is 16.3 Å². The van der Waals surface area contributed by atoms with Crippen molar-refractivity contribution >= 4 is 34.4 Å². The minimum Gasteiger partial charge on any atom is -0.289 e. The van der Waals surface area contributed by atoms with Crippen molar-refractivity contribution in [2.45, 2.75) is 6.92 Å². The zero-order valence-corrected chi connectivity index (χ0v) is 16.1. The molecule has 0 aliphatic carbocycles. The van der Waals surface area contributed by atoms with Crippen LogP contribution in [-0.4, -0.2) is 10.8 Å². The van der Waals surface area contributed by atoms with Crippen LogP contribution < -0.4 is 0 Å². The fraction of sp³-hybridized carbons (Fsp3) is 0.0400. The van der Waals surface area contributed by atoms with E-state index in [-0.39, 0.29) is 5.78 Å². The summed E-state index contributed by atoms with van der Waals surface area (Å²) in [5.41, 5.74) is 4.95. The molecular formula is C25H18ClNO. The number of nitrogens with zero attached hydrogens (tertiary/aromatic N) is 1. The fourth-order valence-corrected chi connectivity index (χ4v) is 3.56. The van der Waals surface area contributed by atoms with Crippen LogP contribution >= 0.6 is 11.6 Å². The van der Waals surface area contributed by atoms with Gasteiger partial charge in [0.15, 0.2) is 5.78 Å². The van der Waals surface area contributed by atoms with E-state index in [4.69, 9.17) is 11.6 Å². The summed E-state index contributed by atoms with van der Waals surface area (Å²) < 4.78 is 0. The fourth-order valence-electron chi connectivity index (χ4n) is 3.38. The van der Waals surface area contributed by atoms with Gasteiger partial charge in [-0.2, -0.15) is 0 Å². The smallest absolute Gasteiger partial charge is 0.188 e. The van der Waals surface area contributed by atoms with Gasteiger partial charge in [-0.05, 0) is 42.3 Å². The van der Waals surface area contributed by atoms with Crippen molar-refractivity contribution in [2.75, 3.05) is 0 Å². The average molecular weight is 384 g/mol. The molecule has 0 radical (unpaired) electrons. The van der Waals surface area contributed by atoms with E-state index in [2.05, 4.69) is 4.98 Å². The van der Waals surface area contributed by atoms with Crippen molar-refractivity contribution in [3.8, 4) is 11.1 Å². The lowest BCUT2D eigenvalue weighted by Gasteiger charge is -2.14. The van der Waals surface area contributed by atoms with E-state index >= 15 is 0 Å². The number of hydrogen-bond acceptors (Lipinski definition) is 2. The van der Waals surface area contributed by atoms with Crippen molar-refractivity contribution in [3.63, 3.8) is 0 Å². The zero-order valence-electron chi connectivity index (χ0n) is 15.4. The van der Waals surface area contributed by atoms with Gasteiger partial charge in [0, 0.05) is 21.7 Å². The van der Waals surface area contributed by atoms with Gasteiger partial charge in [-0.1, -0.05) is 78.3 Å². The maximum absolute atomic E-state index is 13.2. The van der Waals surface area contributed by atoms with Crippen LogP contribution in [0.3, 0.4) is 0 Å². The molecule has 0 aliphatic rings. The summed E-state index contributed by atoms with van der Waals surface area (Å²) in [6.07, 6.45) is 3.45. The minimum absolute atomic E-state index is 0.0745.